The molecule has 0 saturated heterocycles. The number of allylic oxidation sites excluding steroid dienone is 3. The molecule has 0 bridgehead atoms. The van der Waals surface area contributed by atoms with Crippen molar-refractivity contribution in [3.05, 3.63) is 35.5 Å². The zero-order valence-electron chi connectivity index (χ0n) is 21.3. The molecule has 0 amide bonds. The molecule has 2 N–H and O–H groups in total. The summed E-state index contributed by atoms with van der Waals surface area (Å²) in [7, 11) is 0. The lowest BCUT2D eigenvalue weighted by molar-refractivity contribution is -0.229. The Morgan fingerprint density at radius 3 is 2.43 bits per heavy atom. The summed E-state index contributed by atoms with van der Waals surface area (Å²) in [6.45, 7) is 11.5. The zero-order valence-corrected chi connectivity index (χ0v) is 21.3. The molecule has 0 aromatic rings. The first-order valence-corrected chi connectivity index (χ1v) is 12.6. The number of ether oxygens (including phenoxy) is 2. The fraction of sp³-hybridized carbons (Fsp3) is 0.679. The van der Waals surface area contributed by atoms with Crippen LogP contribution in [0.2, 0.25) is 0 Å². The van der Waals surface area contributed by atoms with Crippen molar-refractivity contribution >= 4 is 17.7 Å². The Bertz CT molecular complexity index is 1100. The monoisotopic (exact) mass is 484 g/mol. The van der Waals surface area contributed by atoms with E-state index in [-0.39, 0.29) is 17.6 Å². The van der Waals surface area contributed by atoms with E-state index in [0.717, 1.165) is 18.4 Å². The molecule has 7 nitrogen and oxygen atoms in total. The van der Waals surface area contributed by atoms with Crippen LogP contribution in [-0.4, -0.2) is 46.4 Å². The fourth-order valence-corrected chi connectivity index (χ4v) is 9.03. The highest BCUT2D eigenvalue weighted by molar-refractivity contribution is 5.96. The molecular formula is C28H36O7. The van der Waals surface area contributed by atoms with Gasteiger partial charge in [-0.05, 0) is 48.0 Å². The van der Waals surface area contributed by atoms with Crippen LogP contribution in [0.5, 0.6) is 0 Å². The molecule has 35 heavy (non-hydrogen) atoms. The lowest BCUT2D eigenvalue weighted by Crippen LogP contribution is -2.70. The molecule has 9 atom stereocenters. The van der Waals surface area contributed by atoms with E-state index in [1.165, 1.54) is 13.0 Å². The molecule has 2 saturated carbocycles. The van der Waals surface area contributed by atoms with E-state index in [9.17, 15) is 24.6 Å². The number of cyclic esters (lactones) is 1. The minimum atomic E-state index is -1.25. The second-order valence-corrected chi connectivity index (χ2v) is 12.4. The third-order valence-corrected chi connectivity index (χ3v) is 10.4. The molecule has 5 rings (SSSR count). The molecule has 7 heteroatoms. The van der Waals surface area contributed by atoms with E-state index in [0.29, 0.717) is 12.0 Å². The smallest absolute Gasteiger partial charge is 0.333 e. The summed E-state index contributed by atoms with van der Waals surface area (Å²) in [6, 6.07) is 0. The molecule has 5 aliphatic rings. The Labute approximate surface area is 206 Å². The van der Waals surface area contributed by atoms with Crippen LogP contribution in [-0.2, 0) is 23.9 Å². The Hall–Kier alpha value is -2.25. The van der Waals surface area contributed by atoms with Crippen molar-refractivity contribution in [3.8, 4) is 0 Å². The van der Waals surface area contributed by atoms with Crippen LogP contribution in [0, 0.1) is 39.4 Å². The zero-order chi connectivity index (χ0) is 25.7. The van der Waals surface area contributed by atoms with Crippen molar-refractivity contribution in [1.82, 2.24) is 0 Å². The maximum atomic E-state index is 12.9. The van der Waals surface area contributed by atoms with Gasteiger partial charge in [-0.15, -0.1) is 0 Å². The van der Waals surface area contributed by atoms with E-state index < -0.39 is 58.0 Å². The van der Waals surface area contributed by atoms with Crippen molar-refractivity contribution in [1.29, 1.82) is 0 Å². The molecule has 190 valence electrons. The summed E-state index contributed by atoms with van der Waals surface area (Å²) >= 11 is 0. The van der Waals surface area contributed by atoms with Gasteiger partial charge in [-0.3, -0.25) is 9.59 Å². The van der Waals surface area contributed by atoms with Gasteiger partial charge >= 0.3 is 11.9 Å². The highest BCUT2D eigenvalue weighted by atomic mass is 16.6. The molecule has 0 spiro atoms. The predicted molar refractivity (Wildman–Crippen MR) is 126 cm³/mol. The summed E-state index contributed by atoms with van der Waals surface area (Å²) in [6.07, 6.45) is 6.29. The number of aliphatic hydroxyl groups excluding tert-OH is 2. The highest BCUT2D eigenvalue weighted by Crippen LogP contribution is 2.72. The van der Waals surface area contributed by atoms with Gasteiger partial charge in [0.05, 0.1) is 6.10 Å². The molecule has 1 aliphatic heterocycles. The van der Waals surface area contributed by atoms with E-state index in [2.05, 4.69) is 26.8 Å². The van der Waals surface area contributed by atoms with Crippen LogP contribution in [0.15, 0.2) is 35.5 Å². The van der Waals surface area contributed by atoms with Gasteiger partial charge in [0.2, 0.25) is 6.29 Å². The van der Waals surface area contributed by atoms with Crippen LogP contribution in [0.3, 0.4) is 0 Å². The SMILES string of the molecule is CC(=O)O[C@@H]1[C@H](O)[C@H]2C(C)(C)C(=O)C=C[C@]2(C)[C@H]2CC[C@]3(C)C(=CC[C@H]3C3=CC(=O)OC3O)[C@]12C. The molecular weight excluding hydrogens is 448 g/mol. The van der Waals surface area contributed by atoms with Crippen LogP contribution in [0.25, 0.3) is 0 Å². The fourth-order valence-electron chi connectivity index (χ4n) is 9.03. The first-order chi connectivity index (χ1) is 16.2. The van der Waals surface area contributed by atoms with Gasteiger partial charge in [-0.2, -0.15) is 0 Å². The number of carbonyl (C=O) groups excluding carboxylic acids is 3. The van der Waals surface area contributed by atoms with Crippen molar-refractivity contribution in [2.24, 2.45) is 39.4 Å². The highest BCUT2D eigenvalue weighted by Gasteiger charge is 2.71. The van der Waals surface area contributed by atoms with Crippen molar-refractivity contribution in [2.75, 3.05) is 0 Å². The topological polar surface area (TPSA) is 110 Å². The van der Waals surface area contributed by atoms with Gasteiger partial charge in [0.1, 0.15) is 6.10 Å². The number of ketones is 1. The quantitative estimate of drug-likeness (QED) is 0.457. The van der Waals surface area contributed by atoms with E-state index in [1.54, 1.807) is 6.08 Å². The number of rotatable bonds is 2. The van der Waals surface area contributed by atoms with Gasteiger partial charge < -0.3 is 19.7 Å². The second-order valence-electron chi connectivity index (χ2n) is 12.4. The minimum Gasteiger partial charge on any atom is -0.459 e. The minimum absolute atomic E-state index is 0.00909. The number of hydrogen-bond acceptors (Lipinski definition) is 7. The summed E-state index contributed by atoms with van der Waals surface area (Å²) in [5, 5.41) is 22.3. The second kappa shape index (κ2) is 7.39. The average Bonchev–Trinajstić information content (AvgIpc) is 3.26. The molecule has 4 aliphatic carbocycles. The molecule has 1 unspecified atom stereocenters. The van der Waals surface area contributed by atoms with Gasteiger partial charge in [-0.1, -0.05) is 52.3 Å². The summed E-state index contributed by atoms with van der Waals surface area (Å²) in [5.74, 6) is -1.57. The lowest BCUT2D eigenvalue weighted by Gasteiger charge is -2.67. The van der Waals surface area contributed by atoms with Gasteiger partial charge in [0.25, 0.3) is 0 Å². The van der Waals surface area contributed by atoms with E-state index in [4.69, 9.17) is 9.47 Å². The molecule has 0 aromatic heterocycles. The standard InChI is InChI=1S/C28H36O7/c1-14(29)34-23-21(32)22-25(2,3)19(30)10-12-27(22,5)18-9-11-26(4)16(7-8-17(26)28(18,23)6)15-13-20(31)35-24(15)33/h8,10,12-13,16,18,21-24,32-33H,7,9,11H2,1-6H3/t16-,18+,21+,22-,23+,24?,26-,27+,28-/m0/s1. The number of aliphatic hydroxyl groups is 2. The number of fused-ring (bicyclic) bond motifs is 5. The Balaban J connectivity index is 1.66. The van der Waals surface area contributed by atoms with Crippen LogP contribution < -0.4 is 0 Å². The maximum absolute atomic E-state index is 12.9. The summed E-state index contributed by atoms with van der Waals surface area (Å²) in [5.41, 5.74) is -0.739. The average molecular weight is 485 g/mol. The first-order valence-electron chi connectivity index (χ1n) is 12.6. The number of hydrogen-bond donors (Lipinski definition) is 2. The normalized spacial score (nSPS) is 47.8. The molecule has 1 heterocycles. The summed E-state index contributed by atoms with van der Waals surface area (Å²) < 4.78 is 10.9. The number of carbonyl (C=O) groups is 3. The third kappa shape index (κ3) is 3.00. The lowest BCUT2D eigenvalue weighted by atomic mass is 9.37. The van der Waals surface area contributed by atoms with Gasteiger partial charge in [-0.25, -0.2) is 4.79 Å². The van der Waals surface area contributed by atoms with Crippen molar-refractivity contribution in [3.63, 3.8) is 0 Å². The first kappa shape index (κ1) is 24.4. The largest absolute Gasteiger partial charge is 0.459 e. The maximum Gasteiger partial charge on any atom is 0.333 e. The number of esters is 2. The Kier molecular flexibility index (Phi) is 5.16. The van der Waals surface area contributed by atoms with Gasteiger partial charge in [0.15, 0.2) is 5.78 Å². The predicted octanol–water partition coefficient (Wildman–Crippen LogP) is 3.25. The Morgan fingerprint density at radius 1 is 1.14 bits per heavy atom. The van der Waals surface area contributed by atoms with Crippen LogP contribution in [0.1, 0.15) is 60.8 Å². The van der Waals surface area contributed by atoms with Crippen molar-refractivity contribution in [2.45, 2.75) is 79.3 Å². The van der Waals surface area contributed by atoms with E-state index in [1.807, 2.05) is 19.9 Å². The molecule has 0 aromatic carbocycles. The van der Waals surface area contributed by atoms with Gasteiger partial charge in [0, 0.05) is 35.3 Å². The summed E-state index contributed by atoms with van der Waals surface area (Å²) in [4.78, 5) is 37.1. The molecule has 2 fully saturated rings. The third-order valence-electron chi connectivity index (χ3n) is 10.4. The van der Waals surface area contributed by atoms with Crippen LogP contribution >= 0.6 is 0 Å². The molecule has 0 radical (unpaired) electrons. The Morgan fingerprint density at radius 2 is 1.83 bits per heavy atom. The van der Waals surface area contributed by atoms with E-state index >= 15 is 0 Å². The van der Waals surface area contributed by atoms with Crippen molar-refractivity contribution < 1.29 is 34.1 Å². The van der Waals surface area contributed by atoms with Crippen LogP contribution in [0.4, 0.5) is 0 Å².